The van der Waals surface area contributed by atoms with E-state index in [-0.39, 0.29) is 18.9 Å². The summed E-state index contributed by atoms with van der Waals surface area (Å²) in [6, 6.07) is 12.5. The largest absolute Gasteiger partial charge is 0.508 e. The molecule has 1 heterocycles. The van der Waals surface area contributed by atoms with Crippen molar-refractivity contribution < 1.29 is 14.6 Å². The number of pyridine rings is 1. The quantitative estimate of drug-likeness (QED) is 0.332. The number of phenols is 1. The van der Waals surface area contributed by atoms with Gasteiger partial charge in [0.25, 0.3) is 0 Å². The minimum Gasteiger partial charge on any atom is -0.508 e. The Kier molecular flexibility index (Phi) is 6.87. The first-order valence-corrected chi connectivity index (χ1v) is 10.1. The molecule has 0 aliphatic heterocycles. The van der Waals surface area contributed by atoms with E-state index >= 15 is 0 Å². The second kappa shape index (κ2) is 9.75. The molecule has 0 radical (unpaired) electrons. The lowest BCUT2D eigenvalue weighted by Gasteiger charge is -2.19. The van der Waals surface area contributed by atoms with Crippen LogP contribution in [0.5, 0.6) is 5.75 Å². The molecule has 0 saturated carbocycles. The van der Waals surface area contributed by atoms with Gasteiger partial charge in [-0.25, -0.2) is 4.79 Å². The Balaban J connectivity index is 2.16. The number of ether oxygens (including phenoxy) is 1. The molecule has 0 unspecified atom stereocenters. The van der Waals surface area contributed by atoms with Crippen LogP contribution in [-0.2, 0) is 17.7 Å². The van der Waals surface area contributed by atoms with Gasteiger partial charge in [-0.15, -0.1) is 0 Å². The number of nitrogen functional groups attached to an aromatic ring is 1. The Bertz CT molecular complexity index is 1090. The summed E-state index contributed by atoms with van der Waals surface area (Å²) in [5.74, 6) is 0.172. The van der Waals surface area contributed by atoms with Gasteiger partial charge in [0.05, 0.1) is 18.8 Å². The van der Waals surface area contributed by atoms with Crippen LogP contribution in [0.4, 0.5) is 10.5 Å². The minimum atomic E-state index is -0.503. The first-order chi connectivity index (χ1) is 15.0. The monoisotopic (exact) mass is 418 g/mol. The number of carbonyl (C=O) groups is 1. The summed E-state index contributed by atoms with van der Waals surface area (Å²) in [4.78, 5) is 16.5. The van der Waals surface area contributed by atoms with Gasteiger partial charge in [-0.2, -0.15) is 0 Å². The summed E-state index contributed by atoms with van der Waals surface area (Å²) in [5.41, 5.74) is 12.5. The fourth-order valence-corrected chi connectivity index (χ4v) is 3.52. The molecule has 31 heavy (non-hydrogen) atoms. The van der Waals surface area contributed by atoms with E-state index in [1.807, 2.05) is 24.3 Å². The number of alkyl carbamates (subject to hydrolysis) is 1. The van der Waals surface area contributed by atoms with Crippen LogP contribution in [0.3, 0.4) is 0 Å². The lowest BCUT2D eigenvalue weighted by Crippen LogP contribution is -2.24. The number of amides is 1. The number of hydrogen-bond donors (Lipinski definition) is 4. The van der Waals surface area contributed by atoms with Gasteiger partial charge in [-0.1, -0.05) is 25.1 Å². The zero-order valence-electron chi connectivity index (χ0n) is 17.6. The third-order valence-corrected chi connectivity index (χ3v) is 5.00. The maximum absolute atomic E-state index is 11.8. The van der Waals surface area contributed by atoms with Gasteiger partial charge in [0.2, 0.25) is 0 Å². The molecule has 7 heteroatoms. The standard InChI is InChI=1S/C24H26N4O3/c1-3-19-20(16-7-10-21(26)17(11-16)12-25)13-27-22(14-28-24(30)31-4-2)23(19)15-5-8-18(29)9-6-15/h5-13,25,29H,3-4,14,26H2,1-2H3,(H,28,30). The van der Waals surface area contributed by atoms with Crippen LogP contribution in [0.25, 0.3) is 22.3 Å². The predicted octanol–water partition coefficient (Wildman–Crippen LogP) is 4.51. The number of hydrogen-bond acceptors (Lipinski definition) is 6. The summed E-state index contributed by atoms with van der Waals surface area (Å²) in [7, 11) is 0. The van der Waals surface area contributed by atoms with Crippen LogP contribution in [0.2, 0.25) is 0 Å². The molecule has 0 bridgehead atoms. The highest BCUT2D eigenvalue weighted by atomic mass is 16.5. The normalized spacial score (nSPS) is 10.5. The number of rotatable bonds is 7. The van der Waals surface area contributed by atoms with E-state index in [0.29, 0.717) is 23.4 Å². The van der Waals surface area contributed by atoms with E-state index in [1.54, 1.807) is 31.3 Å². The molecule has 160 valence electrons. The number of carbonyl (C=O) groups excluding carboxylic acids is 1. The maximum atomic E-state index is 11.8. The lowest BCUT2D eigenvalue weighted by atomic mass is 9.89. The molecular weight excluding hydrogens is 392 g/mol. The van der Waals surface area contributed by atoms with Crippen molar-refractivity contribution in [3.05, 3.63) is 65.5 Å². The van der Waals surface area contributed by atoms with Crippen LogP contribution in [0, 0.1) is 5.41 Å². The van der Waals surface area contributed by atoms with Gasteiger partial charge in [0.15, 0.2) is 0 Å². The first-order valence-electron chi connectivity index (χ1n) is 10.1. The number of nitrogens with one attached hydrogen (secondary N) is 2. The zero-order valence-corrected chi connectivity index (χ0v) is 17.6. The molecule has 1 aromatic heterocycles. The van der Waals surface area contributed by atoms with Crippen molar-refractivity contribution in [1.29, 1.82) is 5.41 Å². The summed E-state index contributed by atoms with van der Waals surface area (Å²) in [6.07, 6.45) is 3.22. The summed E-state index contributed by atoms with van der Waals surface area (Å²) < 4.78 is 4.97. The van der Waals surface area contributed by atoms with Gasteiger partial charge in [-0.05, 0) is 54.3 Å². The average Bonchev–Trinajstić information content (AvgIpc) is 2.78. The molecule has 0 saturated heterocycles. The molecule has 5 N–H and O–H groups in total. The second-order valence-electron chi connectivity index (χ2n) is 6.93. The molecule has 0 aliphatic rings. The van der Waals surface area contributed by atoms with Crippen molar-refractivity contribution in [3.63, 3.8) is 0 Å². The fraction of sp³-hybridized carbons (Fsp3) is 0.208. The topological polar surface area (TPSA) is 121 Å². The molecule has 3 rings (SSSR count). The number of anilines is 1. The molecule has 0 aliphatic carbocycles. The van der Waals surface area contributed by atoms with E-state index in [1.165, 1.54) is 6.21 Å². The number of aromatic hydroxyl groups is 1. The van der Waals surface area contributed by atoms with Crippen LogP contribution in [0.15, 0.2) is 48.7 Å². The Labute approximate surface area is 181 Å². The number of phenolic OH excluding ortho intramolecular Hbond substituents is 1. The number of nitrogens with zero attached hydrogens (tertiary/aromatic N) is 1. The minimum absolute atomic E-state index is 0.172. The fourth-order valence-electron chi connectivity index (χ4n) is 3.52. The third-order valence-electron chi connectivity index (χ3n) is 5.00. The molecule has 3 aromatic rings. The predicted molar refractivity (Wildman–Crippen MR) is 122 cm³/mol. The highest BCUT2D eigenvalue weighted by Crippen LogP contribution is 2.36. The van der Waals surface area contributed by atoms with Gasteiger partial charge in [-0.3, -0.25) is 4.98 Å². The van der Waals surface area contributed by atoms with Crippen molar-refractivity contribution in [2.24, 2.45) is 0 Å². The van der Waals surface area contributed by atoms with Gasteiger partial charge >= 0.3 is 6.09 Å². The van der Waals surface area contributed by atoms with Crippen molar-refractivity contribution in [3.8, 4) is 28.0 Å². The maximum Gasteiger partial charge on any atom is 0.407 e. The molecule has 1 amide bonds. The highest BCUT2D eigenvalue weighted by molar-refractivity contribution is 5.89. The van der Waals surface area contributed by atoms with Crippen molar-refractivity contribution in [2.75, 3.05) is 12.3 Å². The van der Waals surface area contributed by atoms with Crippen molar-refractivity contribution in [2.45, 2.75) is 26.8 Å². The molecule has 0 spiro atoms. The Morgan fingerprint density at radius 1 is 1.19 bits per heavy atom. The van der Waals surface area contributed by atoms with E-state index in [9.17, 15) is 9.90 Å². The average molecular weight is 418 g/mol. The lowest BCUT2D eigenvalue weighted by molar-refractivity contribution is 0.151. The summed E-state index contributed by atoms with van der Waals surface area (Å²) in [6.45, 7) is 4.30. The Morgan fingerprint density at radius 2 is 1.90 bits per heavy atom. The Hall–Kier alpha value is -3.87. The van der Waals surface area contributed by atoms with Crippen LogP contribution < -0.4 is 11.1 Å². The van der Waals surface area contributed by atoms with Crippen molar-refractivity contribution in [1.82, 2.24) is 10.3 Å². The first kappa shape index (κ1) is 21.8. The molecule has 2 aromatic carbocycles. The number of nitrogens with two attached hydrogens (primary N) is 1. The zero-order chi connectivity index (χ0) is 22.4. The third kappa shape index (κ3) is 4.83. The molecule has 0 atom stereocenters. The Morgan fingerprint density at radius 3 is 2.55 bits per heavy atom. The van der Waals surface area contributed by atoms with Gasteiger partial charge in [0.1, 0.15) is 5.75 Å². The van der Waals surface area contributed by atoms with E-state index in [0.717, 1.165) is 27.8 Å². The van der Waals surface area contributed by atoms with Gasteiger partial charge in [0, 0.05) is 34.8 Å². The highest BCUT2D eigenvalue weighted by Gasteiger charge is 2.18. The summed E-state index contributed by atoms with van der Waals surface area (Å²) in [5, 5.41) is 20.1. The van der Waals surface area contributed by atoms with Crippen LogP contribution in [0.1, 0.15) is 30.7 Å². The van der Waals surface area contributed by atoms with E-state index < -0.39 is 6.09 Å². The van der Waals surface area contributed by atoms with Crippen LogP contribution >= 0.6 is 0 Å². The number of aromatic nitrogens is 1. The molecule has 7 nitrogen and oxygen atoms in total. The molecule has 0 fully saturated rings. The van der Waals surface area contributed by atoms with Gasteiger partial charge < -0.3 is 26.3 Å². The smallest absolute Gasteiger partial charge is 0.407 e. The van der Waals surface area contributed by atoms with Crippen LogP contribution in [-0.4, -0.2) is 29.0 Å². The number of benzene rings is 2. The van der Waals surface area contributed by atoms with Crippen molar-refractivity contribution >= 4 is 18.0 Å². The second-order valence-corrected chi connectivity index (χ2v) is 6.93. The molecular formula is C24H26N4O3. The van der Waals surface area contributed by atoms with E-state index in [2.05, 4.69) is 17.2 Å². The SMILES string of the molecule is CCOC(=O)NCc1ncc(-c2ccc(N)c(C=N)c2)c(CC)c1-c1ccc(O)cc1. The van der Waals surface area contributed by atoms with E-state index in [4.69, 9.17) is 15.9 Å². The summed E-state index contributed by atoms with van der Waals surface area (Å²) >= 11 is 0.